The van der Waals surface area contributed by atoms with Crippen LogP contribution in [0.5, 0.6) is 23.0 Å². The number of hydrogen-bond donors (Lipinski definition) is 0. The van der Waals surface area contributed by atoms with E-state index in [4.69, 9.17) is 40.3 Å². The van der Waals surface area contributed by atoms with Crippen LogP contribution in [0.4, 0.5) is 24.8 Å². The predicted octanol–water partition coefficient (Wildman–Crippen LogP) is 10.4. The Morgan fingerprint density at radius 1 is 0.869 bits per heavy atom. The Bertz CT molecular complexity index is 2420. The van der Waals surface area contributed by atoms with Crippen LogP contribution in [0.1, 0.15) is 27.8 Å². The molecule has 6 aromatic rings. The maximum atomic E-state index is 15.2. The molecule has 4 heterocycles. The summed E-state index contributed by atoms with van der Waals surface area (Å²) in [5.41, 5.74) is 1.78. The van der Waals surface area contributed by atoms with E-state index < -0.39 is 19.8 Å². The van der Waals surface area contributed by atoms with Crippen LogP contribution in [0.15, 0.2) is 85.5 Å². The van der Waals surface area contributed by atoms with Crippen LogP contribution in [0.3, 0.4) is 0 Å². The van der Waals surface area contributed by atoms with Crippen molar-refractivity contribution >= 4 is 42.2 Å². The van der Waals surface area contributed by atoms with E-state index in [1.165, 1.54) is 25.4 Å². The smallest absolute Gasteiger partial charge is 0.418 e. The zero-order valence-corrected chi connectivity index (χ0v) is 36.7. The quantitative estimate of drug-likeness (QED) is 0.0527. The van der Waals surface area contributed by atoms with Crippen molar-refractivity contribution in [3.05, 3.63) is 118 Å². The molecule has 11 nitrogen and oxygen atoms in total. The van der Waals surface area contributed by atoms with Gasteiger partial charge in [-0.25, -0.2) is 15.0 Å². The van der Waals surface area contributed by atoms with Crippen LogP contribution in [0.2, 0.25) is 30.7 Å². The summed E-state index contributed by atoms with van der Waals surface area (Å²) in [5.74, 6) is 2.96. The van der Waals surface area contributed by atoms with Crippen LogP contribution < -0.4 is 28.7 Å². The fourth-order valence-corrected chi connectivity index (χ4v) is 8.15. The zero-order chi connectivity index (χ0) is 43.3. The van der Waals surface area contributed by atoms with Gasteiger partial charge in [-0.15, -0.1) is 0 Å². The number of anilines is 2. The van der Waals surface area contributed by atoms with Gasteiger partial charge in [0.2, 0.25) is 0 Å². The van der Waals surface area contributed by atoms with Crippen LogP contribution in [0, 0.1) is 6.92 Å². The van der Waals surface area contributed by atoms with E-state index >= 15 is 13.2 Å². The summed E-state index contributed by atoms with van der Waals surface area (Å²) in [6.45, 7) is 10.7. The second-order valence-corrected chi connectivity index (χ2v) is 22.0. The van der Waals surface area contributed by atoms with Gasteiger partial charge in [0.1, 0.15) is 41.8 Å². The van der Waals surface area contributed by atoms with Gasteiger partial charge in [-0.1, -0.05) is 55.5 Å². The molecule has 61 heavy (non-hydrogen) atoms. The summed E-state index contributed by atoms with van der Waals surface area (Å²) >= 11 is 7.17. The molecule has 0 N–H and O–H groups in total. The normalized spacial score (nSPS) is 12.9. The summed E-state index contributed by atoms with van der Waals surface area (Å²) in [7, 11) is 1.95. The van der Waals surface area contributed by atoms with Gasteiger partial charge in [0.25, 0.3) is 0 Å². The highest BCUT2D eigenvalue weighted by atomic mass is 35.5. The maximum absolute atomic E-state index is 15.2. The molecule has 0 bridgehead atoms. The maximum Gasteiger partial charge on any atom is 0.418 e. The molecular formula is C45H48ClF3N6O5Si. The molecule has 0 atom stereocenters. The van der Waals surface area contributed by atoms with Crippen LogP contribution in [-0.2, 0) is 30.5 Å². The van der Waals surface area contributed by atoms with E-state index in [0.717, 1.165) is 22.7 Å². The third-order valence-corrected chi connectivity index (χ3v) is 12.4. The van der Waals surface area contributed by atoms with E-state index in [9.17, 15) is 0 Å². The number of aryl methyl sites for hydroxylation is 1. The number of alkyl halides is 3. The molecule has 1 aliphatic heterocycles. The summed E-state index contributed by atoms with van der Waals surface area (Å²) in [5, 5.41) is 0.454. The highest BCUT2D eigenvalue weighted by Crippen LogP contribution is 2.48. The average molecular weight is 873 g/mol. The van der Waals surface area contributed by atoms with E-state index in [-0.39, 0.29) is 41.0 Å². The molecule has 0 amide bonds. The van der Waals surface area contributed by atoms with E-state index in [2.05, 4.69) is 34.6 Å². The second kappa shape index (κ2) is 18.5. The summed E-state index contributed by atoms with van der Waals surface area (Å²) < 4.78 is 74.0. The van der Waals surface area contributed by atoms with Gasteiger partial charge in [-0.2, -0.15) is 13.2 Å². The van der Waals surface area contributed by atoms with Gasteiger partial charge in [0.15, 0.2) is 12.5 Å². The first kappa shape index (κ1) is 43.4. The van der Waals surface area contributed by atoms with Crippen molar-refractivity contribution in [2.75, 3.05) is 50.6 Å². The molecule has 0 radical (unpaired) electrons. The van der Waals surface area contributed by atoms with Crippen molar-refractivity contribution in [1.29, 1.82) is 0 Å². The van der Waals surface area contributed by atoms with Gasteiger partial charge in [-0.05, 0) is 77.7 Å². The highest BCUT2D eigenvalue weighted by molar-refractivity contribution is 6.76. The minimum atomic E-state index is -4.77. The van der Waals surface area contributed by atoms with Crippen LogP contribution >= 0.6 is 11.6 Å². The Hall–Kier alpha value is -5.64. The first-order valence-corrected chi connectivity index (χ1v) is 23.9. The SMILES string of the molecule is COc1ccc(CN(Cc2ccc(OC)cc2)c2cc(C)c(C(F)(F)F)c(-c3cc4ncnc5c4c(c3Cl)OCCN5Cc3cncc(OCOCC[Si](C)(C)C)c3)n2)cc1. The van der Waals surface area contributed by atoms with Crippen LogP contribution in [-0.4, -0.2) is 68.8 Å². The van der Waals surface area contributed by atoms with Gasteiger partial charge in [-0.3, -0.25) is 4.98 Å². The Balaban J connectivity index is 1.25. The number of benzene rings is 3. The van der Waals surface area contributed by atoms with Gasteiger partial charge >= 0.3 is 6.18 Å². The molecule has 0 spiro atoms. The molecule has 0 unspecified atom stereocenters. The molecule has 320 valence electrons. The number of rotatable bonds is 16. The van der Waals surface area contributed by atoms with E-state index in [1.807, 2.05) is 64.4 Å². The van der Waals surface area contributed by atoms with Crippen molar-refractivity contribution < 1.29 is 36.9 Å². The number of ether oxygens (including phenoxy) is 5. The number of pyridine rings is 2. The minimum absolute atomic E-state index is 0.0163. The molecule has 3 aromatic heterocycles. The fraction of sp³-hybridized carbons (Fsp3) is 0.333. The number of nitrogens with zero attached hydrogens (tertiary/aromatic N) is 6. The number of aromatic nitrogens is 4. The lowest BCUT2D eigenvalue weighted by Crippen LogP contribution is -2.27. The fourth-order valence-electron chi connectivity index (χ4n) is 7.10. The molecule has 1 aliphatic rings. The molecule has 3 aromatic carbocycles. The molecule has 0 saturated carbocycles. The summed E-state index contributed by atoms with van der Waals surface area (Å²) in [4.78, 5) is 22.3. The van der Waals surface area contributed by atoms with Gasteiger partial charge < -0.3 is 33.5 Å². The van der Waals surface area contributed by atoms with Gasteiger partial charge in [0, 0.05) is 46.1 Å². The summed E-state index contributed by atoms with van der Waals surface area (Å²) in [6, 6.07) is 20.9. The largest absolute Gasteiger partial charge is 0.497 e. The van der Waals surface area contributed by atoms with E-state index in [0.29, 0.717) is 72.6 Å². The van der Waals surface area contributed by atoms with Crippen molar-refractivity contribution in [3.8, 4) is 34.3 Å². The average Bonchev–Trinajstić information content (AvgIpc) is 3.41. The van der Waals surface area contributed by atoms with Crippen molar-refractivity contribution in [2.24, 2.45) is 0 Å². The minimum Gasteiger partial charge on any atom is -0.497 e. The third kappa shape index (κ3) is 10.5. The van der Waals surface area contributed by atoms with Crippen molar-refractivity contribution in [1.82, 2.24) is 19.9 Å². The predicted molar refractivity (Wildman–Crippen MR) is 234 cm³/mol. The lowest BCUT2D eigenvalue weighted by Gasteiger charge is -2.27. The van der Waals surface area contributed by atoms with Crippen molar-refractivity contribution in [3.63, 3.8) is 0 Å². The molecule has 0 saturated heterocycles. The Kier molecular flexibility index (Phi) is 13.2. The summed E-state index contributed by atoms with van der Waals surface area (Å²) in [6.07, 6.45) is -0.00668. The molecule has 0 aliphatic carbocycles. The zero-order valence-electron chi connectivity index (χ0n) is 35.0. The highest BCUT2D eigenvalue weighted by Gasteiger charge is 2.39. The molecule has 0 fully saturated rings. The molecule has 16 heteroatoms. The standard InChI is InChI=1S/C45H48ClF3N6O5Si/c1-29-19-38(55(24-30-7-11-33(56-2)12-8-30)25-31-9-13-34(57-3)14-10-31)53-42(40(29)45(47,48)49)36-21-37-39-43(41(36)46)59-16-15-54(44(39)52-27-51-37)26-32-20-35(23-50-22-32)60-28-58-17-18-61(4,5)6/h7-14,19-23,27H,15-18,24-26,28H2,1-6H3. The monoisotopic (exact) mass is 872 g/mol. The first-order valence-electron chi connectivity index (χ1n) is 19.8. The molecule has 7 rings (SSSR count). The van der Waals surface area contributed by atoms with E-state index in [1.54, 1.807) is 26.6 Å². The topological polar surface area (TPSA) is 104 Å². The Labute approximate surface area is 359 Å². The lowest BCUT2D eigenvalue weighted by atomic mass is 9.98. The van der Waals surface area contributed by atoms with Crippen LogP contribution in [0.25, 0.3) is 22.2 Å². The van der Waals surface area contributed by atoms with Crippen molar-refractivity contribution in [2.45, 2.75) is 58.4 Å². The number of methoxy groups -OCH3 is 2. The third-order valence-electron chi connectivity index (χ3n) is 10.3. The Morgan fingerprint density at radius 3 is 2.16 bits per heavy atom. The number of halogens is 4. The van der Waals surface area contributed by atoms with Gasteiger partial charge in [0.05, 0.1) is 54.1 Å². The first-order chi connectivity index (χ1) is 29.2. The second-order valence-electron chi connectivity index (χ2n) is 16.0. The number of hydrogen-bond acceptors (Lipinski definition) is 11. The lowest BCUT2D eigenvalue weighted by molar-refractivity contribution is -0.137. The Morgan fingerprint density at radius 2 is 1.54 bits per heavy atom. The molecular weight excluding hydrogens is 825 g/mol.